The molecule has 1 heterocycles. The number of amides is 2. The standard InChI is InChI=1S/C16H27NO3/c1-4-5-6-7-13(12-8-9-12)15(18)17-14(11(2)3)10-20-16(17)19/h11-14H,4-10H2,1-3H3. The van der Waals surface area contributed by atoms with Crippen molar-refractivity contribution < 1.29 is 14.3 Å². The smallest absolute Gasteiger partial charge is 0.416 e. The Balaban J connectivity index is 2.03. The molecule has 0 spiro atoms. The first-order valence-corrected chi connectivity index (χ1v) is 8.06. The van der Waals surface area contributed by atoms with E-state index in [4.69, 9.17) is 4.74 Å². The normalized spacial score (nSPS) is 24.1. The summed E-state index contributed by atoms with van der Waals surface area (Å²) in [7, 11) is 0. The third-order valence-corrected chi connectivity index (χ3v) is 4.54. The van der Waals surface area contributed by atoms with Crippen LogP contribution in [0.1, 0.15) is 59.3 Å². The number of ether oxygens (including phenoxy) is 1. The minimum Gasteiger partial charge on any atom is -0.447 e. The molecule has 1 aliphatic heterocycles. The Kier molecular flexibility index (Phi) is 5.06. The second-order valence-electron chi connectivity index (χ2n) is 6.54. The quantitative estimate of drug-likeness (QED) is 0.670. The highest BCUT2D eigenvalue weighted by atomic mass is 16.6. The van der Waals surface area contributed by atoms with Gasteiger partial charge in [-0.2, -0.15) is 0 Å². The maximum absolute atomic E-state index is 12.8. The topological polar surface area (TPSA) is 46.6 Å². The number of carbonyl (C=O) groups excluding carboxylic acids is 2. The Labute approximate surface area is 121 Å². The monoisotopic (exact) mass is 281 g/mol. The van der Waals surface area contributed by atoms with E-state index in [1.54, 1.807) is 0 Å². The summed E-state index contributed by atoms with van der Waals surface area (Å²) in [5.41, 5.74) is 0. The summed E-state index contributed by atoms with van der Waals surface area (Å²) in [6, 6.07) is -0.0811. The summed E-state index contributed by atoms with van der Waals surface area (Å²) in [5, 5.41) is 0. The summed E-state index contributed by atoms with van der Waals surface area (Å²) >= 11 is 0. The Morgan fingerprint density at radius 3 is 2.60 bits per heavy atom. The van der Waals surface area contributed by atoms with Gasteiger partial charge in [0.25, 0.3) is 0 Å². The van der Waals surface area contributed by atoms with Crippen molar-refractivity contribution in [1.82, 2.24) is 4.90 Å². The predicted molar refractivity (Wildman–Crippen MR) is 77.2 cm³/mol. The van der Waals surface area contributed by atoms with Crippen molar-refractivity contribution in [3.8, 4) is 0 Å². The number of carbonyl (C=O) groups is 2. The highest BCUT2D eigenvalue weighted by Crippen LogP contribution is 2.41. The van der Waals surface area contributed by atoms with Gasteiger partial charge in [-0.05, 0) is 31.1 Å². The Morgan fingerprint density at radius 1 is 1.35 bits per heavy atom. The lowest BCUT2D eigenvalue weighted by Gasteiger charge is -2.26. The molecule has 0 aromatic rings. The third kappa shape index (κ3) is 3.33. The zero-order valence-electron chi connectivity index (χ0n) is 12.9. The lowest BCUT2D eigenvalue weighted by Crippen LogP contribution is -2.45. The van der Waals surface area contributed by atoms with Gasteiger partial charge in [0.15, 0.2) is 0 Å². The highest BCUT2D eigenvalue weighted by molar-refractivity contribution is 5.95. The van der Waals surface area contributed by atoms with Crippen LogP contribution in [0.4, 0.5) is 4.79 Å². The Hall–Kier alpha value is -1.06. The summed E-state index contributed by atoms with van der Waals surface area (Å²) in [6.45, 7) is 6.60. The van der Waals surface area contributed by atoms with Gasteiger partial charge < -0.3 is 4.74 Å². The Morgan fingerprint density at radius 2 is 2.05 bits per heavy atom. The lowest BCUT2D eigenvalue weighted by atomic mass is 9.93. The summed E-state index contributed by atoms with van der Waals surface area (Å²) < 4.78 is 5.10. The molecule has 1 saturated heterocycles. The number of cyclic esters (lactones) is 1. The molecule has 20 heavy (non-hydrogen) atoms. The van der Waals surface area contributed by atoms with E-state index in [-0.39, 0.29) is 23.8 Å². The number of unbranched alkanes of at least 4 members (excludes halogenated alkanes) is 2. The third-order valence-electron chi connectivity index (χ3n) is 4.54. The van der Waals surface area contributed by atoms with E-state index in [0.717, 1.165) is 38.5 Å². The molecule has 1 saturated carbocycles. The van der Waals surface area contributed by atoms with Crippen LogP contribution in [0.5, 0.6) is 0 Å². The molecule has 1 aliphatic carbocycles. The molecule has 0 aromatic heterocycles. The van der Waals surface area contributed by atoms with Crippen LogP contribution in [0, 0.1) is 17.8 Å². The van der Waals surface area contributed by atoms with Crippen LogP contribution in [0.15, 0.2) is 0 Å². The molecule has 0 bridgehead atoms. The van der Waals surface area contributed by atoms with Crippen molar-refractivity contribution in [2.75, 3.05) is 6.61 Å². The molecule has 0 N–H and O–H groups in total. The minimum absolute atomic E-state index is 0.0183. The number of rotatable bonds is 7. The molecule has 4 nitrogen and oxygen atoms in total. The molecule has 2 unspecified atom stereocenters. The van der Waals surface area contributed by atoms with Gasteiger partial charge in [0, 0.05) is 5.92 Å². The second kappa shape index (κ2) is 6.59. The van der Waals surface area contributed by atoms with Gasteiger partial charge in [0.2, 0.25) is 5.91 Å². The molecule has 2 fully saturated rings. The van der Waals surface area contributed by atoms with Gasteiger partial charge in [-0.25, -0.2) is 9.69 Å². The largest absolute Gasteiger partial charge is 0.447 e. The van der Waals surface area contributed by atoms with Gasteiger partial charge in [-0.3, -0.25) is 4.79 Å². The van der Waals surface area contributed by atoms with Crippen molar-refractivity contribution in [3.63, 3.8) is 0 Å². The van der Waals surface area contributed by atoms with Gasteiger partial charge in [0.1, 0.15) is 6.61 Å². The zero-order valence-corrected chi connectivity index (χ0v) is 12.9. The highest BCUT2D eigenvalue weighted by Gasteiger charge is 2.45. The fourth-order valence-corrected chi connectivity index (χ4v) is 3.03. The Bertz CT molecular complexity index is 363. The fraction of sp³-hybridized carbons (Fsp3) is 0.875. The fourth-order valence-electron chi connectivity index (χ4n) is 3.03. The van der Waals surface area contributed by atoms with E-state index >= 15 is 0 Å². The summed E-state index contributed by atoms with van der Waals surface area (Å²) in [5.74, 6) is 0.805. The van der Waals surface area contributed by atoms with E-state index in [2.05, 4.69) is 6.92 Å². The minimum atomic E-state index is -0.435. The average Bonchev–Trinajstić information content (AvgIpc) is 3.16. The van der Waals surface area contributed by atoms with Gasteiger partial charge in [0.05, 0.1) is 6.04 Å². The van der Waals surface area contributed by atoms with Gasteiger partial charge in [-0.15, -0.1) is 0 Å². The van der Waals surface area contributed by atoms with Gasteiger partial charge >= 0.3 is 6.09 Å². The van der Waals surface area contributed by atoms with Gasteiger partial charge in [-0.1, -0.05) is 40.0 Å². The van der Waals surface area contributed by atoms with Crippen LogP contribution < -0.4 is 0 Å². The maximum atomic E-state index is 12.8. The molecular weight excluding hydrogens is 254 g/mol. The number of imide groups is 1. The molecule has 0 aromatic carbocycles. The molecule has 0 radical (unpaired) electrons. The predicted octanol–water partition coefficient (Wildman–Crippen LogP) is 3.60. The summed E-state index contributed by atoms with van der Waals surface area (Å²) in [6.07, 6.45) is 6.16. The molecule has 2 amide bonds. The van der Waals surface area contributed by atoms with Crippen molar-refractivity contribution >= 4 is 12.0 Å². The van der Waals surface area contributed by atoms with Crippen molar-refractivity contribution in [1.29, 1.82) is 0 Å². The zero-order chi connectivity index (χ0) is 14.7. The first-order chi connectivity index (χ1) is 9.56. The van der Waals surface area contributed by atoms with Crippen LogP contribution in [0.3, 0.4) is 0 Å². The second-order valence-corrected chi connectivity index (χ2v) is 6.54. The molecule has 4 heteroatoms. The molecule has 2 aliphatic rings. The molecular formula is C16H27NO3. The van der Waals surface area contributed by atoms with Crippen molar-refractivity contribution in [2.24, 2.45) is 17.8 Å². The molecule has 2 rings (SSSR count). The van der Waals surface area contributed by atoms with Crippen LogP contribution in [0.2, 0.25) is 0 Å². The van der Waals surface area contributed by atoms with Crippen molar-refractivity contribution in [2.45, 2.75) is 65.3 Å². The molecule has 2 atom stereocenters. The number of hydrogen-bond donors (Lipinski definition) is 0. The average molecular weight is 281 g/mol. The number of hydrogen-bond acceptors (Lipinski definition) is 3. The van der Waals surface area contributed by atoms with E-state index in [1.165, 1.54) is 4.90 Å². The maximum Gasteiger partial charge on any atom is 0.416 e. The SMILES string of the molecule is CCCCCC(C(=O)N1C(=O)OCC1C(C)C)C1CC1. The van der Waals surface area contributed by atoms with E-state index in [1.807, 2.05) is 13.8 Å². The van der Waals surface area contributed by atoms with E-state index < -0.39 is 6.09 Å². The number of nitrogens with zero attached hydrogens (tertiary/aromatic N) is 1. The van der Waals surface area contributed by atoms with Crippen molar-refractivity contribution in [3.05, 3.63) is 0 Å². The van der Waals surface area contributed by atoms with Crippen LogP contribution in [-0.4, -0.2) is 29.5 Å². The first-order valence-electron chi connectivity index (χ1n) is 8.06. The lowest BCUT2D eigenvalue weighted by molar-refractivity contribution is -0.135. The van der Waals surface area contributed by atoms with Crippen LogP contribution in [-0.2, 0) is 9.53 Å². The molecule has 114 valence electrons. The van der Waals surface area contributed by atoms with E-state index in [9.17, 15) is 9.59 Å². The first kappa shape index (κ1) is 15.3. The van der Waals surface area contributed by atoms with Crippen LogP contribution >= 0.6 is 0 Å². The summed E-state index contributed by atoms with van der Waals surface area (Å²) in [4.78, 5) is 26.1. The van der Waals surface area contributed by atoms with Crippen LogP contribution in [0.25, 0.3) is 0 Å². The van der Waals surface area contributed by atoms with E-state index in [0.29, 0.717) is 12.5 Å².